The number of aliphatic carboxylic acids is 1. The van der Waals surface area contributed by atoms with Gasteiger partial charge in [0.15, 0.2) is 0 Å². The fourth-order valence-electron chi connectivity index (χ4n) is 1.93. The summed E-state index contributed by atoms with van der Waals surface area (Å²) in [5.41, 5.74) is 2.99. The van der Waals surface area contributed by atoms with Gasteiger partial charge >= 0.3 is 5.97 Å². The number of aromatic nitrogens is 1. The number of hydrogen-bond acceptors (Lipinski definition) is 3. The Kier molecular flexibility index (Phi) is 4.32. The molecule has 1 N–H and O–H groups in total. The van der Waals surface area contributed by atoms with E-state index in [1.54, 1.807) is 0 Å². The highest BCUT2D eigenvalue weighted by molar-refractivity contribution is 7.13. The van der Waals surface area contributed by atoms with Crippen LogP contribution in [0.3, 0.4) is 0 Å². The van der Waals surface area contributed by atoms with Gasteiger partial charge in [0, 0.05) is 10.9 Å². The van der Waals surface area contributed by atoms with E-state index in [1.807, 2.05) is 5.38 Å². The lowest BCUT2D eigenvalue weighted by Gasteiger charge is -2.05. The number of rotatable bonds is 5. The van der Waals surface area contributed by atoms with Crippen LogP contribution in [-0.2, 0) is 17.6 Å². The lowest BCUT2D eigenvalue weighted by atomic mass is 10.0. The molecule has 0 aliphatic heterocycles. The van der Waals surface area contributed by atoms with Gasteiger partial charge in [0.25, 0.3) is 0 Å². The molecule has 0 radical (unpaired) electrons. The molecule has 0 aliphatic carbocycles. The molecule has 1 aromatic carbocycles. The molecule has 0 saturated heterocycles. The van der Waals surface area contributed by atoms with Crippen LogP contribution in [0.1, 0.15) is 25.1 Å². The minimum Gasteiger partial charge on any atom is -0.481 e. The fourth-order valence-corrected chi connectivity index (χ4v) is 2.76. The maximum absolute atomic E-state index is 10.6. The van der Waals surface area contributed by atoms with Crippen LogP contribution in [0.15, 0.2) is 29.6 Å². The molecule has 0 aliphatic rings. The first-order chi connectivity index (χ1) is 9.04. The molecular formula is C15H17NO2S. The zero-order chi connectivity index (χ0) is 13.8. The first-order valence-electron chi connectivity index (χ1n) is 6.30. The molecule has 19 heavy (non-hydrogen) atoms. The normalized spacial score (nSPS) is 10.9. The smallest absolute Gasteiger partial charge is 0.309 e. The van der Waals surface area contributed by atoms with Crippen LogP contribution in [0.5, 0.6) is 0 Å². The Labute approximate surface area is 116 Å². The van der Waals surface area contributed by atoms with Crippen LogP contribution in [0.25, 0.3) is 10.6 Å². The second kappa shape index (κ2) is 5.97. The van der Waals surface area contributed by atoms with E-state index in [0.29, 0.717) is 11.6 Å². The minimum absolute atomic E-state index is 0.0120. The molecule has 0 atom stereocenters. The van der Waals surface area contributed by atoms with Crippen LogP contribution in [0.4, 0.5) is 0 Å². The van der Waals surface area contributed by atoms with E-state index in [2.05, 4.69) is 43.1 Å². The highest BCUT2D eigenvalue weighted by atomic mass is 32.1. The second-order valence-corrected chi connectivity index (χ2v) is 5.87. The number of hydrogen-bond donors (Lipinski definition) is 1. The van der Waals surface area contributed by atoms with Gasteiger partial charge in [-0.2, -0.15) is 0 Å². The molecule has 4 heteroatoms. The number of carboxylic acid groups (broad SMARTS) is 1. The molecule has 0 bridgehead atoms. The van der Waals surface area contributed by atoms with Crippen LogP contribution in [0.2, 0.25) is 0 Å². The molecule has 2 rings (SSSR count). The van der Waals surface area contributed by atoms with Gasteiger partial charge < -0.3 is 5.11 Å². The number of thiazole rings is 1. The van der Waals surface area contributed by atoms with Crippen molar-refractivity contribution < 1.29 is 9.90 Å². The van der Waals surface area contributed by atoms with Crippen LogP contribution in [0, 0.1) is 5.92 Å². The lowest BCUT2D eigenvalue weighted by molar-refractivity contribution is -0.136. The van der Waals surface area contributed by atoms with Gasteiger partial charge in [0.2, 0.25) is 0 Å². The SMILES string of the molecule is CC(C)Cc1ccc(-c2nc(CC(=O)O)cs2)cc1. The summed E-state index contributed by atoms with van der Waals surface area (Å²) in [5, 5.41) is 11.4. The molecule has 3 nitrogen and oxygen atoms in total. The number of nitrogens with zero attached hydrogens (tertiary/aromatic N) is 1. The first kappa shape index (κ1) is 13.7. The summed E-state index contributed by atoms with van der Waals surface area (Å²) in [6, 6.07) is 8.35. The Hall–Kier alpha value is -1.68. The summed E-state index contributed by atoms with van der Waals surface area (Å²) in [7, 11) is 0. The third-order valence-electron chi connectivity index (χ3n) is 2.73. The van der Waals surface area contributed by atoms with Gasteiger partial charge in [0.1, 0.15) is 5.01 Å². The van der Waals surface area contributed by atoms with Gasteiger partial charge in [-0.15, -0.1) is 11.3 Å². The third-order valence-corrected chi connectivity index (χ3v) is 3.67. The standard InChI is InChI=1S/C15H17NO2S/c1-10(2)7-11-3-5-12(6-4-11)15-16-13(9-19-15)8-14(17)18/h3-6,9-10H,7-8H2,1-2H3,(H,17,18). The monoisotopic (exact) mass is 275 g/mol. The summed E-state index contributed by atoms with van der Waals surface area (Å²) in [6.45, 7) is 4.40. The highest BCUT2D eigenvalue weighted by Crippen LogP contribution is 2.24. The van der Waals surface area contributed by atoms with E-state index in [9.17, 15) is 4.79 Å². The topological polar surface area (TPSA) is 50.2 Å². The zero-order valence-electron chi connectivity index (χ0n) is 11.1. The molecule has 2 aromatic rings. The molecule has 0 amide bonds. The number of carbonyl (C=O) groups is 1. The van der Waals surface area contributed by atoms with Crippen LogP contribution >= 0.6 is 11.3 Å². The lowest BCUT2D eigenvalue weighted by Crippen LogP contribution is -1.99. The van der Waals surface area contributed by atoms with Crippen LogP contribution in [-0.4, -0.2) is 16.1 Å². The average Bonchev–Trinajstić information content (AvgIpc) is 2.76. The largest absolute Gasteiger partial charge is 0.481 e. The Balaban J connectivity index is 2.13. The number of benzene rings is 1. The van der Waals surface area contributed by atoms with E-state index in [4.69, 9.17) is 5.11 Å². The van der Waals surface area contributed by atoms with Crippen molar-refractivity contribution >= 4 is 17.3 Å². The summed E-state index contributed by atoms with van der Waals surface area (Å²) in [6.07, 6.45) is 1.06. The van der Waals surface area contributed by atoms with Crippen molar-refractivity contribution in [3.05, 3.63) is 40.9 Å². The highest BCUT2D eigenvalue weighted by Gasteiger charge is 2.08. The quantitative estimate of drug-likeness (QED) is 0.906. The average molecular weight is 275 g/mol. The van der Waals surface area contributed by atoms with Gasteiger partial charge in [0.05, 0.1) is 12.1 Å². The molecule has 1 heterocycles. The fraction of sp³-hybridized carbons (Fsp3) is 0.333. The van der Waals surface area contributed by atoms with Crippen molar-refractivity contribution in [3.63, 3.8) is 0 Å². The van der Waals surface area contributed by atoms with Gasteiger partial charge in [-0.1, -0.05) is 38.1 Å². The second-order valence-electron chi connectivity index (χ2n) is 5.01. The summed E-state index contributed by atoms with van der Waals surface area (Å²) in [5.74, 6) is -0.197. The van der Waals surface area contributed by atoms with Crippen LogP contribution < -0.4 is 0 Å². The van der Waals surface area contributed by atoms with Crippen molar-refractivity contribution in [3.8, 4) is 10.6 Å². The van der Waals surface area contributed by atoms with Gasteiger partial charge in [-0.3, -0.25) is 4.79 Å². The van der Waals surface area contributed by atoms with E-state index in [1.165, 1.54) is 16.9 Å². The molecule has 1 aromatic heterocycles. The Morgan fingerprint density at radius 3 is 2.58 bits per heavy atom. The minimum atomic E-state index is -0.843. The van der Waals surface area contributed by atoms with Crippen molar-refractivity contribution in [2.45, 2.75) is 26.7 Å². The maximum atomic E-state index is 10.6. The predicted molar refractivity (Wildman–Crippen MR) is 77.4 cm³/mol. The summed E-state index contributed by atoms with van der Waals surface area (Å²) in [4.78, 5) is 15.0. The third kappa shape index (κ3) is 3.89. The molecule has 0 fully saturated rings. The first-order valence-corrected chi connectivity index (χ1v) is 7.18. The molecule has 100 valence electrons. The maximum Gasteiger partial charge on any atom is 0.309 e. The number of carboxylic acids is 1. The molecule has 0 saturated carbocycles. The van der Waals surface area contributed by atoms with Crippen molar-refractivity contribution in [2.24, 2.45) is 5.92 Å². The Morgan fingerprint density at radius 2 is 2.00 bits per heavy atom. The predicted octanol–water partition coefficient (Wildman–Crippen LogP) is 3.64. The van der Waals surface area contributed by atoms with Crippen molar-refractivity contribution in [2.75, 3.05) is 0 Å². The van der Waals surface area contributed by atoms with Crippen molar-refractivity contribution in [1.82, 2.24) is 4.98 Å². The summed E-state index contributed by atoms with van der Waals surface area (Å²) < 4.78 is 0. The summed E-state index contributed by atoms with van der Waals surface area (Å²) >= 11 is 1.49. The van der Waals surface area contributed by atoms with E-state index in [0.717, 1.165) is 17.0 Å². The molecule has 0 spiro atoms. The van der Waals surface area contributed by atoms with Gasteiger partial charge in [-0.05, 0) is 17.9 Å². The Morgan fingerprint density at radius 1 is 1.32 bits per heavy atom. The zero-order valence-corrected chi connectivity index (χ0v) is 11.9. The molecule has 0 unspecified atom stereocenters. The van der Waals surface area contributed by atoms with Gasteiger partial charge in [-0.25, -0.2) is 4.98 Å². The van der Waals surface area contributed by atoms with E-state index in [-0.39, 0.29) is 6.42 Å². The molecular weight excluding hydrogens is 258 g/mol. The van der Waals surface area contributed by atoms with E-state index < -0.39 is 5.97 Å². The Bertz CT molecular complexity index is 558. The van der Waals surface area contributed by atoms with E-state index >= 15 is 0 Å². The van der Waals surface area contributed by atoms with Crippen molar-refractivity contribution in [1.29, 1.82) is 0 Å².